The van der Waals surface area contributed by atoms with Crippen LogP contribution in [0.2, 0.25) is 0 Å². The van der Waals surface area contributed by atoms with Gasteiger partial charge in [-0.05, 0) is 12.2 Å². The van der Waals surface area contributed by atoms with Crippen LogP contribution in [0.25, 0.3) is 0 Å². The van der Waals surface area contributed by atoms with Crippen LogP contribution in [-0.2, 0) is 14.1 Å². The fraction of sp³-hybridized carbons (Fsp3) is 0.600. The molecule has 0 aromatic carbocycles. The second-order valence-electron chi connectivity index (χ2n) is 2.08. The normalized spacial score (nSPS) is 10.1. The first-order valence-electron chi connectivity index (χ1n) is 2.74. The van der Waals surface area contributed by atoms with Crippen LogP contribution in [0.5, 0.6) is 0 Å². The summed E-state index contributed by atoms with van der Waals surface area (Å²) in [6.45, 7) is 2.01. The Morgan fingerprint density at radius 2 is 2.22 bits per heavy atom. The van der Waals surface area contributed by atoms with Crippen molar-refractivity contribution in [1.82, 2.24) is 9.67 Å². The first kappa shape index (κ1) is 6.48. The molecule has 0 aliphatic carbocycles. The van der Waals surface area contributed by atoms with E-state index in [1.807, 2.05) is 30.3 Å². The number of hydrogen-bond acceptors (Lipinski definition) is 1. The highest BCUT2D eigenvalue weighted by atomic mass is 32.1. The molecule has 1 aromatic rings. The Labute approximate surface area is 58.9 Å². The second kappa shape index (κ2) is 1.95. The maximum absolute atomic E-state index is 4.95. The average molecular weight is 144 g/mol. The molecule has 0 atom stereocenters. The van der Waals surface area contributed by atoms with Gasteiger partial charge < -0.3 is 0 Å². The van der Waals surface area contributed by atoms with E-state index in [4.69, 9.17) is 12.2 Å². The lowest BCUT2D eigenvalue weighted by Gasteiger charge is -1.82. The molecule has 0 amide bonds. The number of aromatic nitrogens is 3. The zero-order valence-electron chi connectivity index (χ0n) is 5.80. The molecule has 0 aliphatic rings. The van der Waals surface area contributed by atoms with Crippen LogP contribution in [0.4, 0.5) is 0 Å². The van der Waals surface area contributed by atoms with E-state index in [1.165, 1.54) is 0 Å². The van der Waals surface area contributed by atoms with E-state index >= 15 is 0 Å². The van der Waals surface area contributed by atoms with Gasteiger partial charge in [0.05, 0.1) is 7.05 Å². The maximum Gasteiger partial charge on any atom is 0.298 e. The van der Waals surface area contributed by atoms with Crippen LogP contribution < -0.4 is 4.68 Å². The molecular formula is C5H10N3S+. The van der Waals surface area contributed by atoms with Crippen molar-refractivity contribution in [3.63, 3.8) is 0 Å². The third-order valence-corrected chi connectivity index (χ3v) is 1.90. The summed E-state index contributed by atoms with van der Waals surface area (Å²) in [5.74, 6) is 1.13. The van der Waals surface area contributed by atoms with Gasteiger partial charge in [0.2, 0.25) is 0 Å². The molecule has 0 bridgehead atoms. The molecule has 50 valence electrons. The quantitative estimate of drug-likeness (QED) is 0.409. The lowest BCUT2D eigenvalue weighted by molar-refractivity contribution is -0.734. The monoisotopic (exact) mass is 144 g/mol. The zero-order valence-corrected chi connectivity index (χ0v) is 6.62. The minimum Gasteiger partial charge on any atom is -0.206 e. The highest BCUT2D eigenvalue weighted by Crippen LogP contribution is 1.85. The van der Waals surface area contributed by atoms with Gasteiger partial charge in [0.15, 0.2) is 0 Å². The summed E-state index contributed by atoms with van der Waals surface area (Å²) in [6, 6.07) is 0. The van der Waals surface area contributed by atoms with Crippen molar-refractivity contribution < 1.29 is 4.68 Å². The minimum absolute atomic E-state index is 0.759. The van der Waals surface area contributed by atoms with Crippen molar-refractivity contribution in [3.8, 4) is 0 Å². The Bertz CT molecular complexity index is 270. The number of nitrogens with zero attached hydrogens (tertiary/aromatic N) is 2. The number of hydrogen-bond donors (Lipinski definition) is 1. The zero-order chi connectivity index (χ0) is 7.02. The van der Waals surface area contributed by atoms with Gasteiger partial charge in [0, 0.05) is 6.92 Å². The van der Waals surface area contributed by atoms with E-state index < -0.39 is 0 Å². The number of rotatable bonds is 0. The highest BCUT2D eigenvalue weighted by Gasteiger charge is 2.05. The van der Waals surface area contributed by atoms with E-state index in [9.17, 15) is 0 Å². The van der Waals surface area contributed by atoms with E-state index in [2.05, 4.69) is 5.10 Å². The summed E-state index contributed by atoms with van der Waals surface area (Å²) < 4.78 is 4.58. The molecule has 1 rings (SSSR count). The predicted octanol–water partition coefficient (Wildman–Crippen LogP) is 0.216. The maximum atomic E-state index is 4.95. The third-order valence-electron chi connectivity index (χ3n) is 1.54. The smallest absolute Gasteiger partial charge is 0.206 e. The van der Waals surface area contributed by atoms with Crippen LogP contribution in [0, 0.1) is 11.7 Å². The van der Waals surface area contributed by atoms with Gasteiger partial charge in [0.1, 0.15) is 7.05 Å². The van der Waals surface area contributed by atoms with Gasteiger partial charge in [-0.25, -0.2) is 4.57 Å². The molecule has 1 heterocycles. The summed E-state index contributed by atoms with van der Waals surface area (Å²) in [7, 11) is 3.87. The Morgan fingerprint density at radius 1 is 1.67 bits per heavy atom. The van der Waals surface area contributed by atoms with Crippen molar-refractivity contribution in [3.05, 3.63) is 10.6 Å². The summed E-state index contributed by atoms with van der Waals surface area (Å²) in [5, 5.41) is 2.97. The fourth-order valence-corrected chi connectivity index (χ4v) is 0.940. The van der Waals surface area contributed by atoms with Gasteiger partial charge in [-0.3, -0.25) is 0 Å². The minimum atomic E-state index is 0.759. The van der Waals surface area contributed by atoms with Crippen LogP contribution >= 0.6 is 12.2 Å². The summed E-state index contributed by atoms with van der Waals surface area (Å²) in [5.41, 5.74) is 0. The van der Waals surface area contributed by atoms with E-state index in [0.29, 0.717) is 0 Å². The molecule has 3 nitrogen and oxygen atoms in total. The number of aromatic amines is 1. The van der Waals surface area contributed by atoms with Crippen LogP contribution in [-0.4, -0.2) is 9.67 Å². The molecule has 0 aliphatic heterocycles. The summed E-state index contributed by atoms with van der Waals surface area (Å²) in [6.07, 6.45) is 0. The first-order chi connectivity index (χ1) is 4.13. The van der Waals surface area contributed by atoms with E-state index in [1.54, 1.807) is 0 Å². The van der Waals surface area contributed by atoms with Crippen molar-refractivity contribution in [2.45, 2.75) is 6.92 Å². The standard InChI is InChI=1S/C5H9N3S/c1-4-7(2)5(9)6-8(4)3/h1-3H3/p+1. The second-order valence-corrected chi connectivity index (χ2v) is 2.47. The molecule has 1 aromatic heterocycles. The van der Waals surface area contributed by atoms with Crippen molar-refractivity contribution >= 4 is 12.2 Å². The van der Waals surface area contributed by atoms with Crippen molar-refractivity contribution in [1.29, 1.82) is 0 Å². The van der Waals surface area contributed by atoms with E-state index in [-0.39, 0.29) is 0 Å². The Morgan fingerprint density at radius 3 is 2.33 bits per heavy atom. The van der Waals surface area contributed by atoms with Crippen LogP contribution in [0.15, 0.2) is 0 Å². The SMILES string of the molecule is Cc1n(C)c(=S)[nH][n+]1C. The van der Waals surface area contributed by atoms with Gasteiger partial charge in [0.25, 0.3) is 10.6 Å². The number of H-pyrrole nitrogens is 1. The molecule has 4 heteroatoms. The van der Waals surface area contributed by atoms with E-state index in [0.717, 1.165) is 10.6 Å². The molecule has 0 saturated heterocycles. The Hall–Kier alpha value is -0.640. The van der Waals surface area contributed by atoms with Crippen LogP contribution in [0.1, 0.15) is 5.82 Å². The third kappa shape index (κ3) is 0.896. The van der Waals surface area contributed by atoms with Gasteiger partial charge in [-0.15, -0.1) is 0 Å². The molecule has 0 spiro atoms. The summed E-state index contributed by atoms with van der Waals surface area (Å²) in [4.78, 5) is 0. The number of nitrogens with one attached hydrogen (secondary N) is 1. The van der Waals surface area contributed by atoms with Crippen molar-refractivity contribution in [2.75, 3.05) is 0 Å². The molecule has 0 fully saturated rings. The van der Waals surface area contributed by atoms with Gasteiger partial charge in [-0.1, -0.05) is 0 Å². The molecular weight excluding hydrogens is 134 g/mol. The summed E-state index contributed by atoms with van der Waals surface area (Å²) >= 11 is 4.95. The fourth-order valence-electron chi connectivity index (χ4n) is 0.671. The van der Waals surface area contributed by atoms with Crippen LogP contribution in [0.3, 0.4) is 0 Å². The average Bonchev–Trinajstić information content (AvgIpc) is 1.98. The Kier molecular flexibility index (Phi) is 1.40. The van der Waals surface area contributed by atoms with Gasteiger partial charge in [-0.2, -0.15) is 9.78 Å². The molecule has 1 N–H and O–H groups in total. The molecule has 9 heavy (non-hydrogen) atoms. The molecule has 0 radical (unpaired) electrons. The lowest BCUT2D eigenvalue weighted by atomic mass is 10.7. The topological polar surface area (TPSA) is 24.6 Å². The van der Waals surface area contributed by atoms with Gasteiger partial charge >= 0.3 is 0 Å². The Balaban J connectivity index is 3.47. The predicted molar refractivity (Wildman–Crippen MR) is 36.5 cm³/mol. The highest BCUT2D eigenvalue weighted by molar-refractivity contribution is 7.71. The lowest BCUT2D eigenvalue weighted by Crippen LogP contribution is -2.33. The number of aryl methyl sites for hydroxylation is 1. The molecule has 0 saturated carbocycles. The largest absolute Gasteiger partial charge is 0.298 e. The van der Waals surface area contributed by atoms with Crippen molar-refractivity contribution in [2.24, 2.45) is 14.1 Å². The first-order valence-corrected chi connectivity index (χ1v) is 3.15. The molecule has 0 unspecified atom stereocenters.